The molecule has 0 fully saturated rings. The SMILES string of the molecule is COC(CN)CC(=O)Nc1ccc(C(=O)NCc2ccccc2F)cc1.Cl. The number of hydrogen-bond donors (Lipinski definition) is 3. The van der Waals surface area contributed by atoms with Gasteiger partial charge < -0.3 is 21.1 Å². The van der Waals surface area contributed by atoms with Gasteiger partial charge in [0.2, 0.25) is 5.91 Å². The van der Waals surface area contributed by atoms with E-state index in [2.05, 4.69) is 10.6 Å². The van der Waals surface area contributed by atoms with Gasteiger partial charge in [0.25, 0.3) is 5.91 Å². The molecule has 6 nitrogen and oxygen atoms in total. The molecule has 8 heteroatoms. The van der Waals surface area contributed by atoms with E-state index in [1.165, 1.54) is 13.2 Å². The molecule has 0 aliphatic rings. The lowest BCUT2D eigenvalue weighted by Crippen LogP contribution is -2.28. The molecule has 0 saturated heterocycles. The molecule has 27 heavy (non-hydrogen) atoms. The second kappa shape index (κ2) is 11.3. The zero-order valence-electron chi connectivity index (χ0n) is 14.9. The third kappa shape index (κ3) is 6.97. The average Bonchev–Trinajstić information content (AvgIpc) is 2.65. The van der Waals surface area contributed by atoms with Crippen LogP contribution in [0.25, 0.3) is 0 Å². The third-order valence-electron chi connectivity index (χ3n) is 3.84. The van der Waals surface area contributed by atoms with Gasteiger partial charge in [0.05, 0.1) is 12.5 Å². The van der Waals surface area contributed by atoms with Gasteiger partial charge >= 0.3 is 0 Å². The number of ether oxygens (including phenoxy) is 1. The van der Waals surface area contributed by atoms with Crippen molar-refractivity contribution in [3.8, 4) is 0 Å². The molecule has 2 aromatic rings. The van der Waals surface area contributed by atoms with Crippen molar-refractivity contribution in [1.29, 1.82) is 0 Å². The zero-order chi connectivity index (χ0) is 18.9. The number of hydrogen-bond acceptors (Lipinski definition) is 4. The Kier molecular flexibility index (Phi) is 9.42. The molecular weight excluding hydrogens is 373 g/mol. The molecule has 2 rings (SSSR count). The van der Waals surface area contributed by atoms with Crippen LogP contribution in [0.3, 0.4) is 0 Å². The van der Waals surface area contributed by atoms with Gasteiger partial charge in [-0.3, -0.25) is 9.59 Å². The second-order valence-electron chi connectivity index (χ2n) is 5.70. The van der Waals surface area contributed by atoms with Gasteiger partial charge in [-0.15, -0.1) is 12.4 Å². The number of amides is 2. The summed E-state index contributed by atoms with van der Waals surface area (Å²) in [5.41, 5.74) is 6.87. The van der Waals surface area contributed by atoms with Gasteiger partial charge in [0.15, 0.2) is 0 Å². The molecular formula is C19H23ClFN3O3. The van der Waals surface area contributed by atoms with Gasteiger partial charge in [-0.05, 0) is 30.3 Å². The van der Waals surface area contributed by atoms with Crippen LogP contribution < -0.4 is 16.4 Å². The van der Waals surface area contributed by atoms with Crippen LogP contribution in [-0.2, 0) is 16.1 Å². The first-order valence-corrected chi connectivity index (χ1v) is 8.18. The van der Waals surface area contributed by atoms with Gasteiger partial charge in [0, 0.05) is 37.0 Å². The molecule has 4 N–H and O–H groups in total. The standard InChI is InChI=1S/C19H22FN3O3.ClH/c1-26-16(11-21)10-18(24)23-15-8-6-13(7-9-15)19(25)22-12-14-4-2-3-5-17(14)20;/h2-9,16H,10-12,21H2,1H3,(H,22,25)(H,23,24);1H. The first kappa shape index (κ1) is 22.6. The van der Waals surface area contributed by atoms with Crippen molar-refractivity contribution in [3.05, 3.63) is 65.5 Å². The van der Waals surface area contributed by atoms with Crippen molar-refractivity contribution >= 4 is 29.9 Å². The summed E-state index contributed by atoms with van der Waals surface area (Å²) in [6.45, 7) is 0.354. The number of benzene rings is 2. The minimum Gasteiger partial charge on any atom is -0.380 e. The van der Waals surface area contributed by atoms with Crippen LogP contribution in [0.15, 0.2) is 48.5 Å². The Morgan fingerprint density at radius 3 is 2.41 bits per heavy atom. The average molecular weight is 396 g/mol. The molecule has 0 saturated carbocycles. The quantitative estimate of drug-likeness (QED) is 0.640. The fourth-order valence-electron chi connectivity index (χ4n) is 2.31. The normalized spacial score (nSPS) is 11.2. The zero-order valence-corrected chi connectivity index (χ0v) is 15.7. The van der Waals surface area contributed by atoms with Gasteiger partial charge in [0.1, 0.15) is 5.82 Å². The molecule has 0 bridgehead atoms. The second-order valence-corrected chi connectivity index (χ2v) is 5.70. The number of anilines is 1. The van der Waals surface area contributed by atoms with Crippen LogP contribution in [0.1, 0.15) is 22.3 Å². The predicted molar refractivity (Wildman–Crippen MR) is 104 cm³/mol. The minimum atomic E-state index is -0.363. The summed E-state index contributed by atoms with van der Waals surface area (Å²) in [5.74, 6) is -0.912. The largest absolute Gasteiger partial charge is 0.380 e. The Labute approximate surface area is 163 Å². The van der Waals surface area contributed by atoms with Crippen molar-refractivity contribution in [1.82, 2.24) is 5.32 Å². The molecule has 0 radical (unpaired) electrons. The van der Waals surface area contributed by atoms with Crippen LogP contribution in [-0.4, -0.2) is 31.6 Å². The van der Waals surface area contributed by atoms with E-state index in [1.54, 1.807) is 42.5 Å². The number of nitrogens with one attached hydrogen (secondary N) is 2. The molecule has 146 valence electrons. The number of carbonyl (C=O) groups is 2. The molecule has 1 unspecified atom stereocenters. The number of carbonyl (C=O) groups excluding carboxylic acids is 2. The van der Waals surface area contributed by atoms with Gasteiger partial charge in [-0.1, -0.05) is 18.2 Å². The van der Waals surface area contributed by atoms with Crippen LogP contribution in [0.2, 0.25) is 0 Å². The van der Waals surface area contributed by atoms with E-state index in [0.717, 1.165) is 0 Å². The lowest BCUT2D eigenvalue weighted by Gasteiger charge is -2.13. The van der Waals surface area contributed by atoms with Gasteiger partial charge in [-0.25, -0.2) is 4.39 Å². The number of rotatable bonds is 8. The third-order valence-corrected chi connectivity index (χ3v) is 3.84. The maximum absolute atomic E-state index is 13.6. The van der Waals surface area contributed by atoms with E-state index >= 15 is 0 Å². The molecule has 0 aliphatic carbocycles. The molecule has 0 aromatic heterocycles. The summed E-state index contributed by atoms with van der Waals surface area (Å²) in [6.07, 6.45) is -0.184. The predicted octanol–water partition coefficient (Wildman–Crippen LogP) is 2.48. The Morgan fingerprint density at radius 1 is 1.15 bits per heavy atom. The van der Waals surface area contributed by atoms with Crippen molar-refractivity contribution in [2.24, 2.45) is 5.73 Å². The monoisotopic (exact) mass is 395 g/mol. The number of halogens is 2. The molecule has 2 aromatic carbocycles. The van der Waals surface area contributed by atoms with E-state index in [4.69, 9.17) is 10.5 Å². The van der Waals surface area contributed by atoms with E-state index < -0.39 is 0 Å². The van der Waals surface area contributed by atoms with E-state index in [9.17, 15) is 14.0 Å². The summed E-state index contributed by atoms with van der Waals surface area (Å²) in [4.78, 5) is 24.0. The van der Waals surface area contributed by atoms with Crippen LogP contribution in [0.4, 0.5) is 10.1 Å². The highest BCUT2D eigenvalue weighted by atomic mass is 35.5. The maximum Gasteiger partial charge on any atom is 0.251 e. The maximum atomic E-state index is 13.6. The highest BCUT2D eigenvalue weighted by molar-refractivity contribution is 5.95. The molecule has 0 aliphatic heterocycles. The summed E-state index contributed by atoms with van der Waals surface area (Å²) in [5, 5.41) is 5.38. The first-order valence-electron chi connectivity index (χ1n) is 8.18. The highest BCUT2D eigenvalue weighted by Crippen LogP contribution is 2.11. The lowest BCUT2D eigenvalue weighted by molar-refractivity contribution is -0.118. The first-order chi connectivity index (χ1) is 12.5. The van der Waals surface area contributed by atoms with E-state index in [0.29, 0.717) is 16.8 Å². The lowest BCUT2D eigenvalue weighted by atomic mass is 10.1. The number of methoxy groups -OCH3 is 1. The Morgan fingerprint density at radius 2 is 1.81 bits per heavy atom. The van der Waals surface area contributed by atoms with Crippen molar-refractivity contribution in [2.75, 3.05) is 19.0 Å². The topological polar surface area (TPSA) is 93.4 Å². The van der Waals surface area contributed by atoms with Crippen molar-refractivity contribution in [3.63, 3.8) is 0 Å². The Balaban J connectivity index is 0.00000364. The van der Waals surface area contributed by atoms with Crippen LogP contribution in [0, 0.1) is 5.82 Å². The Hall–Kier alpha value is -2.48. The molecule has 2 amide bonds. The van der Waals surface area contributed by atoms with Crippen LogP contribution in [0.5, 0.6) is 0 Å². The molecule has 0 spiro atoms. The van der Waals surface area contributed by atoms with Crippen LogP contribution >= 0.6 is 12.4 Å². The fourth-order valence-corrected chi connectivity index (χ4v) is 2.31. The Bertz CT molecular complexity index is 752. The molecule has 1 atom stereocenters. The molecule has 0 heterocycles. The van der Waals surface area contributed by atoms with E-state index in [1.807, 2.05) is 0 Å². The highest BCUT2D eigenvalue weighted by Gasteiger charge is 2.12. The summed E-state index contributed by atoms with van der Waals surface area (Å²) in [6, 6.07) is 12.7. The minimum absolute atomic E-state index is 0. The summed E-state index contributed by atoms with van der Waals surface area (Å²) in [7, 11) is 1.50. The van der Waals surface area contributed by atoms with E-state index in [-0.39, 0.29) is 55.7 Å². The number of nitrogens with two attached hydrogens (primary N) is 1. The summed E-state index contributed by atoms with van der Waals surface area (Å²) < 4.78 is 18.6. The van der Waals surface area contributed by atoms with Gasteiger partial charge in [-0.2, -0.15) is 0 Å². The fraction of sp³-hybridized carbons (Fsp3) is 0.263. The van der Waals surface area contributed by atoms with Crippen molar-refractivity contribution in [2.45, 2.75) is 19.1 Å². The summed E-state index contributed by atoms with van der Waals surface area (Å²) >= 11 is 0. The smallest absolute Gasteiger partial charge is 0.251 e. The van der Waals surface area contributed by atoms with Crippen molar-refractivity contribution < 1.29 is 18.7 Å².